The molecule has 0 unspecified atom stereocenters. The van der Waals surface area contributed by atoms with Crippen LogP contribution in [-0.2, 0) is 19.5 Å². The van der Waals surface area contributed by atoms with Crippen LogP contribution >= 0.6 is 0 Å². The minimum atomic E-state index is -0.340. The third kappa shape index (κ3) is 4.51. The van der Waals surface area contributed by atoms with Crippen LogP contribution in [0.4, 0.5) is 0 Å². The predicted molar refractivity (Wildman–Crippen MR) is 130 cm³/mol. The molecule has 2 aliphatic heterocycles. The first kappa shape index (κ1) is 23.8. The quantitative estimate of drug-likeness (QED) is 0.534. The Morgan fingerprint density at radius 2 is 1.94 bits per heavy atom. The van der Waals surface area contributed by atoms with E-state index < -0.39 is 0 Å². The first-order chi connectivity index (χ1) is 17.5. The van der Waals surface area contributed by atoms with E-state index in [9.17, 15) is 9.59 Å². The van der Waals surface area contributed by atoms with Crippen molar-refractivity contribution in [2.24, 2.45) is 0 Å². The zero-order valence-electron chi connectivity index (χ0n) is 20.5. The number of furan rings is 1. The van der Waals surface area contributed by atoms with Gasteiger partial charge in [0.2, 0.25) is 12.5 Å². The predicted octanol–water partition coefficient (Wildman–Crippen LogP) is 2.74. The molecule has 1 N–H and O–H groups in total. The molecule has 10 heteroatoms. The smallest absolute Gasteiger partial charge is 0.257 e. The number of rotatable bonds is 7. The number of methoxy groups -OCH3 is 2. The lowest BCUT2D eigenvalue weighted by Crippen LogP contribution is -2.32. The standard InChI is InChI=1S/C26H29N3O7/c1-16(19-5-4-10-34-19)27-26(31)24-18-6-7-28(8-9-29(18)23(30)13-20(24)32-2)14-17-11-21(33-3)25-22(12-17)35-15-36-25/h4-5,10-13,16H,6-9,14-15H2,1-3H3,(H,27,31)/t16-/m1/s1. The van der Waals surface area contributed by atoms with Crippen LogP contribution in [0.5, 0.6) is 23.0 Å². The zero-order chi connectivity index (χ0) is 25.2. The monoisotopic (exact) mass is 495 g/mol. The molecular weight excluding hydrogens is 466 g/mol. The largest absolute Gasteiger partial charge is 0.496 e. The molecule has 5 rings (SSSR count). The number of pyridine rings is 1. The van der Waals surface area contributed by atoms with Crippen LogP contribution in [0, 0.1) is 0 Å². The molecule has 0 spiro atoms. The Morgan fingerprint density at radius 3 is 2.69 bits per heavy atom. The number of carbonyl (C=O) groups excluding carboxylic acids is 1. The van der Waals surface area contributed by atoms with Gasteiger partial charge in [-0.2, -0.15) is 0 Å². The van der Waals surface area contributed by atoms with Crippen molar-refractivity contribution < 1.29 is 28.2 Å². The molecule has 3 aromatic rings. The molecular formula is C26H29N3O7. The highest BCUT2D eigenvalue weighted by molar-refractivity contribution is 5.98. The Hall–Kier alpha value is -3.92. The van der Waals surface area contributed by atoms with Gasteiger partial charge in [0.1, 0.15) is 17.1 Å². The van der Waals surface area contributed by atoms with E-state index in [2.05, 4.69) is 10.2 Å². The average molecular weight is 496 g/mol. The van der Waals surface area contributed by atoms with Crippen LogP contribution in [0.3, 0.4) is 0 Å². The van der Waals surface area contributed by atoms with Gasteiger partial charge in [0, 0.05) is 44.4 Å². The maximum Gasteiger partial charge on any atom is 0.257 e. The highest BCUT2D eigenvalue weighted by Gasteiger charge is 2.27. The maximum absolute atomic E-state index is 13.4. The summed E-state index contributed by atoms with van der Waals surface area (Å²) in [5, 5.41) is 2.97. The number of fused-ring (bicyclic) bond motifs is 2. The van der Waals surface area contributed by atoms with Crippen LogP contribution in [0.25, 0.3) is 0 Å². The Kier molecular flexibility index (Phi) is 6.60. The summed E-state index contributed by atoms with van der Waals surface area (Å²) in [4.78, 5) is 28.5. The lowest BCUT2D eigenvalue weighted by atomic mass is 10.1. The van der Waals surface area contributed by atoms with Gasteiger partial charge in [-0.15, -0.1) is 0 Å². The van der Waals surface area contributed by atoms with Crippen LogP contribution in [0.1, 0.15) is 40.3 Å². The van der Waals surface area contributed by atoms with Gasteiger partial charge >= 0.3 is 0 Å². The number of carbonyl (C=O) groups is 1. The van der Waals surface area contributed by atoms with Gasteiger partial charge in [-0.05, 0) is 36.8 Å². The van der Waals surface area contributed by atoms with Crippen molar-refractivity contribution in [3.63, 3.8) is 0 Å². The molecule has 0 fully saturated rings. The summed E-state index contributed by atoms with van der Waals surface area (Å²) in [5.74, 6) is 2.50. The summed E-state index contributed by atoms with van der Waals surface area (Å²) in [6.07, 6.45) is 2.07. The van der Waals surface area contributed by atoms with Crippen molar-refractivity contribution in [3.8, 4) is 23.0 Å². The first-order valence-corrected chi connectivity index (χ1v) is 11.8. The average Bonchev–Trinajstić information content (AvgIpc) is 3.54. The van der Waals surface area contributed by atoms with Gasteiger partial charge in [-0.3, -0.25) is 14.5 Å². The number of hydrogen-bond donors (Lipinski definition) is 1. The second-order valence-electron chi connectivity index (χ2n) is 8.79. The maximum atomic E-state index is 13.4. The topological polar surface area (TPSA) is 104 Å². The van der Waals surface area contributed by atoms with Crippen molar-refractivity contribution >= 4 is 5.91 Å². The highest BCUT2D eigenvalue weighted by atomic mass is 16.7. The van der Waals surface area contributed by atoms with Crippen LogP contribution < -0.4 is 29.8 Å². The van der Waals surface area contributed by atoms with E-state index in [1.54, 1.807) is 30.1 Å². The van der Waals surface area contributed by atoms with E-state index in [1.165, 1.54) is 13.2 Å². The summed E-state index contributed by atoms with van der Waals surface area (Å²) in [6.45, 7) is 4.38. The summed E-state index contributed by atoms with van der Waals surface area (Å²) in [6, 6.07) is 8.52. The van der Waals surface area contributed by atoms with Crippen molar-refractivity contribution in [3.05, 3.63) is 69.5 Å². The van der Waals surface area contributed by atoms with Crippen molar-refractivity contribution in [2.45, 2.75) is 32.5 Å². The molecule has 2 aliphatic rings. The molecule has 190 valence electrons. The summed E-state index contributed by atoms with van der Waals surface area (Å²) in [5.41, 5.74) is 1.86. The van der Waals surface area contributed by atoms with Crippen molar-refractivity contribution in [1.82, 2.24) is 14.8 Å². The Labute approximate surface area is 208 Å². The third-order valence-electron chi connectivity index (χ3n) is 6.57. The number of hydrogen-bond acceptors (Lipinski definition) is 8. The SMILES string of the molecule is COc1cc(CN2CCc3c(C(=O)N[C@H](C)c4ccco4)c(OC)cc(=O)n3CC2)cc2c1OCO2. The van der Waals surface area contributed by atoms with Gasteiger partial charge in [0.25, 0.3) is 11.5 Å². The van der Waals surface area contributed by atoms with Crippen molar-refractivity contribution in [2.75, 3.05) is 34.1 Å². The number of aromatic nitrogens is 1. The number of nitrogens with one attached hydrogen (secondary N) is 1. The molecule has 0 aliphatic carbocycles. The van der Waals surface area contributed by atoms with Gasteiger partial charge < -0.3 is 33.2 Å². The van der Waals surface area contributed by atoms with E-state index in [-0.39, 0.29) is 30.1 Å². The summed E-state index contributed by atoms with van der Waals surface area (Å²) >= 11 is 0. The number of amides is 1. The molecule has 10 nitrogen and oxygen atoms in total. The van der Waals surface area contributed by atoms with Crippen LogP contribution in [0.2, 0.25) is 0 Å². The molecule has 2 aromatic heterocycles. The second-order valence-corrected chi connectivity index (χ2v) is 8.79. The molecule has 4 heterocycles. The fourth-order valence-corrected chi connectivity index (χ4v) is 4.77. The fraction of sp³-hybridized carbons (Fsp3) is 0.385. The Balaban J connectivity index is 1.39. The van der Waals surface area contributed by atoms with Gasteiger partial charge in [0.05, 0.1) is 26.5 Å². The molecule has 36 heavy (non-hydrogen) atoms. The molecule has 0 saturated heterocycles. The molecule has 0 saturated carbocycles. The van der Waals surface area contributed by atoms with Gasteiger partial charge in [0.15, 0.2) is 11.5 Å². The fourth-order valence-electron chi connectivity index (χ4n) is 4.77. The van der Waals surface area contributed by atoms with E-state index in [4.69, 9.17) is 23.4 Å². The summed E-state index contributed by atoms with van der Waals surface area (Å²) in [7, 11) is 3.07. The van der Waals surface area contributed by atoms with E-state index in [1.807, 2.05) is 19.1 Å². The van der Waals surface area contributed by atoms with Gasteiger partial charge in [-0.25, -0.2) is 0 Å². The Morgan fingerprint density at radius 1 is 1.11 bits per heavy atom. The molecule has 1 aromatic carbocycles. The second kappa shape index (κ2) is 9.98. The highest BCUT2D eigenvalue weighted by Crippen LogP contribution is 2.42. The lowest BCUT2D eigenvalue weighted by Gasteiger charge is -2.20. The normalized spacial score (nSPS) is 15.6. The lowest BCUT2D eigenvalue weighted by molar-refractivity contribution is 0.0930. The summed E-state index contributed by atoms with van der Waals surface area (Å²) < 4.78 is 29.1. The molecule has 0 bridgehead atoms. The zero-order valence-corrected chi connectivity index (χ0v) is 20.5. The first-order valence-electron chi connectivity index (χ1n) is 11.8. The number of benzene rings is 1. The van der Waals surface area contributed by atoms with Crippen LogP contribution in [-0.4, -0.2) is 49.5 Å². The van der Waals surface area contributed by atoms with E-state index in [0.717, 1.165) is 5.56 Å². The minimum Gasteiger partial charge on any atom is -0.496 e. The van der Waals surface area contributed by atoms with Crippen molar-refractivity contribution in [1.29, 1.82) is 0 Å². The number of ether oxygens (including phenoxy) is 4. The van der Waals surface area contributed by atoms with Crippen LogP contribution in [0.15, 0.2) is 45.8 Å². The van der Waals surface area contributed by atoms with E-state index in [0.29, 0.717) is 66.9 Å². The van der Waals surface area contributed by atoms with Gasteiger partial charge in [-0.1, -0.05) is 0 Å². The number of nitrogens with zero attached hydrogens (tertiary/aromatic N) is 2. The molecule has 1 atom stereocenters. The Bertz CT molecular complexity index is 1320. The third-order valence-corrected chi connectivity index (χ3v) is 6.57. The van der Waals surface area contributed by atoms with E-state index >= 15 is 0 Å². The molecule has 1 amide bonds. The minimum absolute atomic E-state index is 0.169. The molecule has 0 radical (unpaired) electrons.